The Labute approximate surface area is 77.4 Å². The first-order chi connectivity index (χ1) is 5.63. The van der Waals surface area contributed by atoms with Crippen LogP contribution in [0, 0.1) is 5.82 Å². The standard InChI is InChI=1S/C10H12ClF/c1-7(2)9-3-8(6-11)4-10(12)5-9/h3-5,7H,6H2,1-2H3. The van der Waals surface area contributed by atoms with Gasteiger partial charge in [-0.1, -0.05) is 19.9 Å². The Balaban J connectivity index is 3.06. The maximum absolute atomic E-state index is 12.9. The summed E-state index contributed by atoms with van der Waals surface area (Å²) in [7, 11) is 0. The molecule has 0 N–H and O–H groups in total. The summed E-state index contributed by atoms with van der Waals surface area (Å²) >= 11 is 5.61. The lowest BCUT2D eigenvalue weighted by Gasteiger charge is -2.06. The van der Waals surface area contributed by atoms with E-state index < -0.39 is 0 Å². The molecule has 0 aliphatic carbocycles. The third kappa shape index (κ3) is 2.21. The van der Waals surface area contributed by atoms with E-state index in [1.807, 2.05) is 19.9 Å². The Kier molecular flexibility index (Phi) is 3.10. The van der Waals surface area contributed by atoms with Crippen LogP contribution in [0.5, 0.6) is 0 Å². The lowest BCUT2D eigenvalue weighted by atomic mass is 10.0. The molecule has 1 rings (SSSR count). The number of rotatable bonds is 2. The van der Waals surface area contributed by atoms with Gasteiger partial charge in [0.05, 0.1) is 0 Å². The van der Waals surface area contributed by atoms with Crippen LogP contribution in [-0.2, 0) is 5.88 Å². The normalized spacial score (nSPS) is 10.8. The number of hydrogen-bond acceptors (Lipinski definition) is 0. The zero-order valence-corrected chi connectivity index (χ0v) is 8.03. The van der Waals surface area contributed by atoms with Crippen molar-refractivity contribution < 1.29 is 4.39 Å². The zero-order chi connectivity index (χ0) is 9.14. The average Bonchev–Trinajstić information content (AvgIpc) is 2.03. The van der Waals surface area contributed by atoms with Gasteiger partial charge < -0.3 is 0 Å². The Morgan fingerprint density at radius 3 is 2.50 bits per heavy atom. The summed E-state index contributed by atoms with van der Waals surface area (Å²) in [5, 5.41) is 0. The van der Waals surface area contributed by atoms with Crippen molar-refractivity contribution in [3.8, 4) is 0 Å². The summed E-state index contributed by atoms with van der Waals surface area (Å²) in [5.41, 5.74) is 1.85. The maximum Gasteiger partial charge on any atom is 0.123 e. The highest BCUT2D eigenvalue weighted by atomic mass is 35.5. The second kappa shape index (κ2) is 3.90. The van der Waals surface area contributed by atoms with E-state index in [1.165, 1.54) is 6.07 Å². The van der Waals surface area contributed by atoms with E-state index in [0.717, 1.165) is 11.1 Å². The molecule has 0 fully saturated rings. The number of hydrogen-bond donors (Lipinski definition) is 0. The molecule has 0 aliphatic rings. The van der Waals surface area contributed by atoms with Crippen molar-refractivity contribution >= 4 is 11.6 Å². The van der Waals surface area contributed by atoms with E-state index in [0.29, 0.717) is 11.8 Å². The fourth-order valence-corrected chi connectivity index (χ4v) is 1.24. The molecule has 0 aromatic heterocycles. The first-order valence-electron chi connectivity index (χ1n) is 3.99. The molecule has 0 saturated heterocycles. The first-order valence-corrected chi connectivity index (χ1v) is 4.52. The van der Waals surface area contributed by atoms with Crippen LogP contribution in [0.1, 0.15) is 30.9 Å². The van der Waals surface area contributed by atoms with Gasteiger partial charge in [-0.05, 0) is 29.2 Å². The lowest BCUT2D eigenvalue weighted by molar-refractivity contribution is 0.621. The van der Waals surface area contributed by atoms with Gasteiger partial charge in [-0.15, -0.1) is 11.6 Å². The second-order valence-corrected chi connectivity index (χ2v) is 3.45. The zero-order valence-electron chi connectivity index (χ0n) is 7.27. The third-order valence-corrected chi connectivity index (χ3v) is 2.11. The topological polar surface area (TPSA) is 0 Å². The molecule has 1 aromatic carbocycles. The molecule has 0 unspecified atom stereocenters. The fourth-order valence-electron chi connectivity index (χ4n) is 1.09. The van der Waals surface area contributed by atoms with E-state index >= 15 is 0 Å². The molecule has 0 nitrogen and oxygen atoms in total. The highest BCUT2D eigenvalue weighted by Gasteiger charge is 2.03. The number of halogens is 2. The quantitative estimate of drug-likeness (QED) is 0.618. The number of benzene rings is 1. The van der Waals surface area contributed by atoms with Crippen LogP contribution in [-0.4, -0.2) is 0 Å². The van der Waals surface area contributed by atoms with Crippen LogP contribution in [0.15, 0.2) is 18.2 Å². The van der Waals surface area contributed by atoms with Crippen LogP contribution >= 0.6 is 11.6 Å². The van der Waals surface area contributed by atoms with E-state index in [9.17, 15) is 4.39 Å². The fraction of sp³-hybridized carbons (Fsp3) is 0.400. The van der Waals surface area contributed by atoms with Crippen LogP contribution in [0.2, 0.25) is 0 Å². The SMILES string of the molecule is CC(C)c1cc(F)cc(CCl)c1. The molecule has 0 spiro atoms. The molecule has 0 aliphatic heterocycles. The molecular weight excluding hydrogens is 175 g/mol. The minimum absolute atomic E-state index is 0.197. The van der Waals surface area contributed by atoms with Gasteiger partial charge in [-0.3, -0.25) is 0 Å². The summed E-state index contributed by atoms with van der Waals surface area (Å²) in [6.45, 7) is 4.07. The van der Waals surface area contributed by atoms with E-state index in [4.69, 9.17) is 11.6 Å². The lowest BCUT2D eigenvalue weighted by Crippen LogP contribution is -1.91. The Bertz CT molecular complexity index is 269. The average molecular weight is 187 g/mol. The van der Waals surface area contributed by atoms with Crippen molar-refractivity contribution in [2.75, 3.05) is 0 Å². The van der Waals surface area contributed by atoms with Gasteiger partial charge in [-0.2, -0.15) is 0 Å². The molecule has 0 atom stereocenters. The van der Waals surface area contributed by atoms with Crippen molar-refractivity contribution in [2.45, 2.75) is 25.6 Å². The predicted molar refractivity (Wildman–Crippen MR) is 50.0 cm³/mol. The Morgan fingerprint density at radius 2 is 2.00 bits per heavy atom. The Hall–Kier alpha value is -0.560. The highest BCUT2D eigenvalue weighted by Crippen LogP contribution is 2.18. The number of alkyl halides is 1. The highest BCUT2D eigenvalue weighted by molar-refractivity contribution is 6.17. The monoisotopic (exact) mass is 186 g/mol. The molecule has 2 heteroatoms. The van der Waals surface area contributed by atoms with Crippen LogP contribution < -0.4 is 0 Å². The second-order valence-electron chi connectivity index (χ2n) is 3.18. The van der Waals surface area contributed by atoms with Gasteiger partial charge in [0.2, 0.25) is 0 Å². The van der Waals surface area contributed by atoms with Crippen molar-refractivity contribution in [1.29, 1.82) is 0 Å². The third-order valence-electron chi connectivity index (χ3n) is 1.80. The molecule has 12 heavy (non-hydrogen) atoms. The van der Waals surface area contributed by atoms with Gasteiger partial charge >= 0.3 is 0 Å². The molecular formula is C10H12ClF. The molecule has 0 bridgehead atoms. The maximum atomic E-state index is 12.9. The van der Waals surface area contributed by atoms with E-state index in [2.05, 4.69) is 0 Å². The summed E-state index contributed by atoms with van der Waals surface area (Å²) in [4.78, 5) is 0. The van der Waals surface area contributed by atoms with Gasteiger partial charge in [0.25, 0.3) is 0 Å². The van der Waals surface area contributed by atoms with E-state index in [1.54, 1.807) is 6.07 Å². The summed E-state index contributed by atoms with van der Waals surface area (Å²) in [5.74, 6) is 0.525. The smallest absolute Gasteiger partial charge is 0.123 e. The van der Waals surface area contributed by atoms with Gasteiger partial charge in [0.15, 0.2) is 0 Å². The van der Waals surface area contributed by atoms with E-state index in [-0.39, 0.29) is 5.82 Å². The molecule has 1 aromatic rings. The van der Waals surface area contributed by atoms with Crippen LogP contribution in [0.4, 0.5) is 4.39 Å². The van der Waals surface area contributed by atoms with Gasteiger partial charge in [0.1, 0.15) is 5.82 Å². The summed E-state index contributed by atoms with van der Waals surface area (Å²) in [6.07, 6.45) is 0. The minimum atomic E-state index is -0.197. The van der Waals surface area contributed by atoms with Gasteiger partial charge in [0, 0.05) is 5.88 Å². The molecule has 0 amide bonds. The first kappa shape index (κ1) is 9.53. The Morgan fingerprint density at radius 1 is 1.33 bits per heavy atom. The summed E-state index contributed by atoms with van der Waals surface area (Å²) < 4.78 is 12.9. The van der Waals surface area contributed by atoms with Crippen LogP contribution in [0.3, 0.4) is 0 Å². The molecule has 0 saturated carbocycles. The van der Waals surface area contributed by atoms with Crippen molar-refractivity contribution in [3.63, 3.8) is 0 Å². The van der Waals surface area contributed by atoms with Crippen molar-refractivity contribution in [3.05, 3.63) is 35.1 Å². The largest absolute Gasteiger partial charge is 0.207 e. The van der Waals surface area contributed by atoms with Crippen molar-refractivity contribution in [2.24, 2.45) is 0 Å². The predicted octanol–water partition coefficient (Wildman–Crippen LogP) is 3.69. The minimum Gasteiger partial charge on any atom is -0.207 e. The molecule has 66 valence electrons. The van der Waals surface area contributed by atoms with Crippen molar-refractivity contribution in [1.82, 2.24) is 0 Å². The molecule has 0 radical (unpaired) electrons. The molecule has 0 heterocycles. The summed E-state index contributed by atoms with van der Waals surface area (Å²) in [6, 6.07) is 4.97. The van der Waals surface area contributed by atoms with Gasteiger partial charge in [-0.25, -0.2) is 4.39 Å². The van der Waals surface area contributed by atoms with Crippen LogP contribution in [0.25, 0.3) is 0 Å².